The van der Waals surface area contributed by atoms with Crippen molar-refractivity contribution in [3.8, 4) is 0 Å². The molecule has 1 amide bonds. The molecule has 1 aromatic rings. The Morgan fingerprint density at radius 3 is 2.74 bits per heavy atom. The number of carbonyl (C=O) groups is 1. The third-order valence-electron chi connectivity index (χ3n) is 5.28. The molecule has 27 heavy (non-hydrogen) atoms. The van der Waals surface area contributed by atoms with E-state index in [9.17, 15) is 13.2 Å². The molecule has 0 radical (unpaired) electrons. The summed E-state index contributed by atoms with van der Waals surface area (Å²) >= 11 is 6.36. The molecule has 0 aliphatic carbocycles. The predicted octanol–water partition coefficient (Wildman–Crippen LogP) is 2.30. The highest BCUT2D eigenvalue weighted by molar-refractivity contribution is 7.89. The average molecular weight is 436 g/mol. The monoisotopic (exact) mass is 435 g/mol. The fourth-order valence-electron chi connectivity index (χ4n) is 3.81. The number of rotatable bonds is 4. The molecule has 2 saturated heterocycles. The second-order valence-electron chi connectivity index (χ2n) is 6.87. The molecule has 1 aromatic carbocycles. The molecule has 152 valence electrons. The van der Waals surface area contributed by atoms with Crippen LogP contribution in [0.15, 0.2) is 24.3 Å². The number of hydrogen-bond donors (Lipinski definition) is 1. The van der Waals surface area contributed by atoms with Crippen LogP contribution < -0.4 is 5.32 Å². The standard InChI is InChI=1S/C18H26ClN3O3S.ClH/c1-2-26(24,25)21-10-5-6-14(13-21)18(23)22-11-9-20-12-17(22)15-7-3-4-8-16(15)19;/h3-4,7-8,14,17,20H,2,5-6,9-13H2,1H3;1H. The van der Waals surface area contributed by atoms with Gasteiger partial charge in [0.1, 0.15) is 0 Å². The van der Waals surface area contributed by atoms with Crippen LogP contribution in [0.1, 0.15) is 31.4 Å². The van der Waals surface area contributed by atoms with Crippen LogP contribution in [0.2, 0.25) is 5.02 Å². The summed E-state index contributed by atoms with van der Waals surface area (Å²) in [4.78, 5) is 15.1. The summed E-state index contributed by atoms with van der Waals surface area (Å²) in [6.45, 7) is 4.43. The minimum Gasteiger partial charge on any atom is -0.333 e. The number of sulfonamides is 1. The summed E-state index contributed by atoms with van der Waals surface area (Å²) in [5.74, 6) is -0.176. The van der Waals surface area contributed by atoms with E-state index < -0.39 is 10.0 Å². The number of amides is 1. The number of nitrogens with zero attached hydrogens (tertiary/aromatic N) is 2. The Bertz CT molecular complexity index is 760. The number of halogens is 2. The third kappa shape index (κ3) is 4.95. The summed E-state index contributed by atoms with van der Waals surface area (Å²) in [5, 5.41) is 3.98. The molecule has 0 saturated carbocycles. The van der Waals surface area contributed by atoms with Crippen LogP contribution in [0.4, 0.5) is 0 Å². The van der Waals surface area contributed by atoms with E-state index in [1.165, 1.54) is 4.31 Å². The van der Waals surface area contributed by atoms with Crippen molar-refractivity contribution in [1.82, 2.24) is 14.5 Å². The van der Waals surface area contributed by atoms with Crippen LogP contribution in [0.3, 0.4) is 0 Å². The molecule has 9 heteroatoms. The Hall–Kier alpha value is -0.860. The lowest BCUT2D eigenvalue weighted by Crippen LogP contribution is -2.53. The smallest absolute Gasteiger partial charge is 0.227 e. The maximum atomic E-state index is 13.2. The minimum atomic E-state index is -3.26. The predicted molar refractivity (Wildman–Crippen MR) is 110 cm³/mol. The molecule has 2 fully saturated rings. The van der Waals surface area contributed by atoms with Crippen molar-refractivity contribution in [2.45, 2.75) is 25.8 Å². The van der Waals surface area contributed by atoms with E-state index in [0.717, 1.165) is 24.9 Å². The van der Waals surface area contributed by atoms with Crippen LogP contribution in [-0.2, 0) is 14.8 Å². The third-order valence-corrected chi connectivity index (χ3v) is 7.47. The Morgan fingerprint density at radius 2 is 2.04 bits per heavy atom. The first-order valence-corrected chi connectivity index (χ1v) is 11.2. The van der Waals surface area contributed by atoms with E-state index in [1.54, 1.807) is 6.92 Å². The van der Waals surface area contributed by atoms with Gasteiger partial charge in [-0.1, -0.05) is 29.8 Å². The molecule has 1 N–H and O–H groups in total. The minimum absolute atomic E-state index is 0. The molecular weight excluding hydrogens is 409 g/mol. The van der Waals surface area contributed by atoms with Crippen LogP contribution in [-0.4, -0.2) is 62.0 Å². The quantitative estimate of drug-likeness (QED) is 0.787. The van der Waals surface area contributed by atoms with Crippen molar-refractivity contribution in [2.24, 2.45) is 5.92 Å². The van der Waals surface area contributed by atoms with Gasteiger partial charge in [0.05, 0.1) is 17.7 Å². The zero-order valence-corrected chi connectivity index (χ0v) is 17.8. The van der Waals surface area contributed by atoms with E-state index in [-0.39, 0.29) is 42.6 Å². The number of piperazine rings is 1. The largest absolute Gasteiger partial charge is 0.333 e. The number of carbonyl (C=O) groups excluding carboxylic acids is 1. The van der Waals surface area contributed by atoms with E-state index >= 15 is 0 Å². The molecule has 0 spiro atoms. The van der Waals surface area contributed by atoms with Gasteiger partial charge in [-0.05, 0) is 31.4 Å². The SMILES string of the molecule is CCS(=O)(=O)N1CCCC(C(=O)N2CCNCC2c2ccccc2Cl)C1.Cl. The second-order valence-corrected chi connectivity index (χ2v) is 9.54. The maximum Gasteiger partial charge on any atom is 0.227 e. The highest BCUT2D eigenvalue weighted by Gasteiger charge is 2.37. The molecule has 2 heterocycles. The van der Waals surface area contributed by atoms with Gasteiger partial charge in [-0.3, -0.25) is 4.79 Å². The summed E-state index contributed by atoms with van der Waals surface area (Å²) in [7, 11) is -3.26. The van der Waals surface area contributed by atoms with Gasteiger partial charge in [0.2, 0.25) is 15.9 Å². The summed E-state index contributed by atoms with van der Waals surface area (Å²) in [5.41, 5.74) is 0.934. The van der Waals surface area contributed by atoms with Gasteiger partial charge in [-0.15, -0.1) is 12.4 Å². The van der Waals surface area contributed by atoms with Crippen LogP contribution >= 0.6 is 24.0 Å². The lowest BCUT2D eigenvalue weighted by Gasteiger charge is -2.40. The van der Waals surface area contributed by atoms with Gasteiger partial charge in [0, 0.05) is 37.7 Å². The molecule has 3 rings (SSSR count). The van der Waals surface area contributed by atoms with Gasteiger partial charge in [-0.25, -0.2) is 12.7 Å². The van der Waals surface area contributed by atoms with E-state index in [2.05, 4.69) is 5.32 Å². The highest BCUT2D eigenvalue weighted by Crippen LogP contribution is 2.31. The van der Waals surface area contributed by atoms with Crippen molar-refractivity contribution in [1.29, 1.82) is 0 Å². The molecule has 0 aromatic heterocycles. The maximum absolute atomic E-state index is 13.2. The van der Waals surface area contributed by atoms with E-state index in [4.69, 9.17) is 11.6 Å². The van der Waals surface area contributed by atoms with E-state index in [0.29, 0.717) is 24.7 Å². The molecule has 2 aliphatic rings. The average Bonchev–Trinajstić information content (AvgIpc) is 2.68. The van der Waals surface area contributed by atoms with Gasteiger partial charge in [0.15, 0.2) is 0 Å². The van der Waals surface area contributed by atoms with Crippen molar-refractivity contribution < 1.29 is 13.2 Å². The second kappa shape index (κ2) is 9.56. The molecule has 2 atom stereocenters. The Morgan fingerprint density at radius 1 is 1.30 bits per heavy atom. The highest BCUT2D eigenvalue weighted by atomic mass is 35.5. The van der Waals surface area contributed by atoms with Gasteiger partial charge in [-0.2, -0.15) is 0 Å². The van der Waals surface area contributed by atoms with E-state index in [1.807, 2.05) is 29.2 Å². The van der Waals surface area contributed by atoms with Crippen molar-refractivity contribution in [3.05, 3.63) is 34.9 Å². The first kappa shape index (κ1) is 22.4. The zero-order chi connectivity index (χ0) is 18.7. The van der Waals surface area contributed by atoms with Gasteiger partial charge >= 0.3 is 0 Å². The summed E-state index contributed by atoms with van der Waals surface area (Å²) in [6.07, 6.45) is 1.45. The van der Waals surface area contributed by atoms with Crippen molar-refractivity contribution in [2.75, 3.05) is 38.5 Å². The molecule has 6 nitrogen and oxygen atoms in total. The lowest BCUT2D eigenvalue weighted by molar-refractivity contribution is -0.140. The van der Waals surface area contributed by atoms with Crippen molar-refractivity contribution in [3.63, 3.8) is 0 Å². The number of benzene rings is 1. The number of nitrogens with one attached hydrogen (secondary N) is 1. The normalized spacial score (nSPS) is 24.3. The fraction of sp³-hybridized carbons (Fsp3) is 0.611. The first-order valence-electron chi connectivity index (χ1n) is 9.17. The summed E-state index contributed by atoms with van der Waals surface area (Å²) < 4.78 is 25.9. The van der Waals surface area contributed by atoms with Crippen LogP contribution in [0.25, 0.3) is 0 Å². The van der Waals surface area contributed by atoms with Crippen LogP contribution in [0, 0.1) is 5.92 Å². The first-order chi connectivity index (χ1) is 12.4. The molecule has 2 unspecified atom stereocenters. The summed E-state index contributed by atoms with van der Waals surface area (Å²) in [6, 6.07) is 7.47. The number of piperidine rings is 1. The Kier molecular flexibility index (Phi) is 7.94. The van der Waals surface area contributed by atoms with Gasteiger partial charge in [0.25, 0.3) is 0 Å². The topological polar surface area (TPSA) is 69.7 Å². The van der Waals surface area contributed by atoms with Crippen LogP contribution in [0.5, 0.6) is 0 Å². The molecule has 2 aliphatic heterocycles. The van der Waals surface area contributed by atoms with Crippen molar-refractivity contribution >= 4 is 39.9 Å². The lowest BCUT2D eigenvalue weighted by atomic mass is 9.95. The fourth-order valence-corrected chi connectivity index (χ4v) is 5.25. The molecular formula is C18H27Cl2N3O3S. The Labute approximate surface area is 172 Å². The Balaban J connectivity index is 0.00000261. The van der Waals surface area contributed by atoms with Gasteiger partial charge < -0.3 is 10.2 Å². The zero-order valence-electron chi connectivity index (χ0n) is 15.4. The molecule has 0 bridgehead atoms. The number of hydrogen-bond acceptors (Lipinski definition) is 4.